The van der Waals surface area contributed by atoms with Gasteiger partial charge in [0.05, 0.1) is 18.8 Å². The SMILES string of the molecule is CC(=O)NCc1cccc(-c2ccc(C3OC(CN4CCN(c5ncccn5)CC4)CC(c4ccc(CO)cc4)O3)cc2)c1. The Kier molecular flexibility index (Phi) is 9.58. The maximum Gasteiger partial charge on any atom is 0.225 e. The number of ether oxygens (including phenoxy) is 2. The Hall–Kier alpha value is -4.15. The summed E-state index contributed by atoms with van der Waals surface area (Å²) in [5.74, 6) is 0.737. The number of aromatic nitrogens is 2. The molecule has 2 aliphatic rings. The van der Waals surface area contributed by atoms with Crippen LogP contribution >= 0.6 is 0 Å². The van der Waals surface area contributed by atoms with Gasteiger partial charge in [0.15, 0.2) is 6.29 Å². The van der Waals surface area contributed by atoms with Gasteiger partial charge in [0.25, 0.3) is 0 Å². The van der Waals surface area contributed by atoms with Crippen LogP contribution in [0.4, 0.5) is 5.95 Å². The number of rotatable bonds is 9. The topological polar surface area (TPSA) is 100 Å². The molecule has 0 radical (unpaired) electrons. The number of nitrogens with zero attached hydrogens (tertiary/aromatic N) is 4. The number of aliphatic hydroxyl groups is 1. The fourth-order valence-electron chi connectivity index (χ4n) is 5.83. The number of amides is 1. The molecule has 2 aliphatic heterocycles. The third kappa shape index (κ3) is 7.49. The van der Waals surface area contributed by atoms with Crippen molar-refractivity contribution in [1.82, 2.24) is 20.2 Å². The van der Waals surface area contributed by atoms with Crippen LogP contribution in [-0.2, 0) is 27.4 Å². The van der Waals surface area contributed by atoms with Crippen LogP contribution in [0.15, 0.2) is 91.3 Å². The average molecular weight is 594 g/mol. The molecule has 0 saturated carbocycles. The van der Waals surface area contributed by atoms with Gasteiger partial charge in [-0.2, -0.15) is 0 Å². The summed E-state index contributed by atoms with van der Waals surface area (Å²) in [6.45, 7) is 6.42. The zero-order chi connectivity index (χ0) is 30.3. The minimum atomic E-state index is -0.504. The summed E-state index contributed by atoms with van der Waals surface area (Å²) in [6.07, 6.45) is 3.67. The summed E-state index contributed by atoms with van der Waals surface area (Å²) < 4.78 is 13.2. The van der Waals surface area contributed by atoms with E-state index in [9.17, 15) is 9.90 Å². The van der Waals surface area contributed by atoms with Crippen molar-refractivity contribution in [2.75, 3.05) is 37.6 Å². The highest BCUT2D eigenvalue weighted by Gasteiger charge is 2.34. The minimum Gasteiger partial charge on any atom is -0.392 e. The smallest absolute Gasteiger partial charge is 0.225 e. The minimum absolute atomic E-state index is 0.0130. The molecule has 0 aliphatic carbocycles. The predicted octanol–water partition coefficient (Wildman–Crippen LogP) is 4.64. The van der Waals surface area contributed by atoms with E-state index in [-0.39, 0.29) is 24.7 Å². The van der Waals surface area contributed by atoms with E-state index in [1.807, 2.05) is 42.5 Å². The van der Waals surface area contributed by atoms with Crippen molar-refractivity contribution in [3.8, 4) is 11.1 Å². The summed E-state index contributed by atoms with van der Waals surface area (Å²) in [7, 11) is 0. The first-order valence-corrected chi connectivity index (χ1v) is 15.2. The molecule has 0 bridgehead atoms. The zero-order valence-electron chi connectivity index (χ0n) is 25.0. The molecule has 3 heterocycles. The van der Waals surface area contributed by atoms with Gasteiger partial charge in [-0.05, 0) is 39.9 Å². The predicted molar refractivity (Wildman–Crippen MR) is 169 cm³/mol. The van der Waals surface area contributed by atoms with Crippen molar-refractivity contribution in [1.29, 1.82) is 0 Å². The van der Waals surface area contributed by atoms with E-state index in [1.54, 1.807) is 12.4 Å². The first-order valence-electron chi connectivity index (χ1n) is 15.2. The largest absolute Gasteiger partial charge is 0.392 e. The van der Waals surface area contributed by atoms with Gasteiger partial charge < -0.3 is 24.8 Å². The third-order valence-corrected chi connectivity index (χ3v) is 8.27. The maximum absolute atomic E-state index is 11.3. The molecule has 3 aromatic carbocycles. The quantitative estimate of drug-likeness (QED) is 0.290. The molecule has 2 saturated heterocycles. The number of anilines is 1. The summed E-state index contributed by atoms with van der Waals surface area (Å²) in [4.78, 5) is 24.9. The van der Waals surface area contributed by atoms with Crippen molar-refractivity contribution in [2.24, 2.45) is 0 Å². The van der Waals surface area contributed by atoms with Crippen molar-refractivity contribution in [2.45, 2.75) is 45.0 Å². The molecule has 2 N–H and O–H groups in total. The highest BCUT2D eigenvalue weighted by molar-refractivity contribution is 5.73. The summed E-state index contributed by atoms with van der Waals surface area (Å²) in [5.41, 5.74) is 6.16. The van der Waals surface area contributed by atoms with Crippen LogP contribution in [0.3, 0.4) is 0 Å². The van der Waals surface area contributed by atoms with Crippen LogP contribution in [0.1, 0.15) is 48.0 Å². The Morgan fingerprint density at radius 3 is 2.30 bits per heavy atom. The van der Waals surface area contributed by atoms with Crippen LogP contribution in [0.5, 0.6) is 0 Å². The molecule has 9 nitrogen and oxygen atoms in total. The van der Waals surface area contributed by atoms with Crippen molar-refractivity contribution >= 4 is 11.9 Å². The molecular formula is C35H39N5O4. The normalized spacial score (nSPS) is 20.8. The van der Waals surface area contributed by atoms with Gasteiger partial charge in [-0.25, -0.2) is 9.97 Å². The van der Waals surface area contributed by atoms with E-state index >= 15 is 0 Å². The number of carbonyl (C=O) groups is 1. The molecule has 228 valence electrons. The lowest BCUT2D eigenvalue weighted by Gasteiger charge is -2.40. The molecule has 4 aromatic rings. The van der Waals surface area contributed by atoms with Crippen molar-refractivity contribution in [3.05, 3.63) is 114 Å². The van der Waals surface area contributed by atoms with E-state index in [1.165, 1.54) is 6.92 Å². The lowest BCUT2D eigenvalue weighted by Crippen LogP contribution is -2.50. The third-order valence-electron chi connectivity index (χ3n) is 8.27. The molecule has 6 rings (SSSR count). The molecule has 3 unspecified atom stereocenters. The number of piperazine rings is 1. The van der Waals surface area contributed by atoms with Crippen LogP contribution in [-0.4, -0.2) is 64.7 Å². The lowest BCUT2D eigenvalue weighted by molar-refractivity contribution is -0.253. The Balaban J connectivity index is 1.16. The van der Waals surface area contributed by atoms with Crippen molar-refractivity contribution in [3.63, 3.8) is 0 Å². The maximum atomic E-state index is 11.3. The molecule has 0 spiro atoms. The first kappa shape index (κ1) is 29.9. The summed E-state index contributed by atoms with van der Waals surface area (Å²) in [5, 5.41) is 12.4. The standard InChI is InChI=1S/C35H39N5O4/c1-25(42)38-22-27-4-2-5-31(20-27)28-10-12-30(13-11-28)34-43-32(21-33(44-34)29-8-6-26(24-41)7-9-29)23-39-16-18-40(19-17-39)35-36-14-3-15-37-35/h2-15,20,32-34,41H,16-19,21-24H2,1H3,(H,38,42). The van der Waals surface area contributed by atoms with Gasteiger partial charge in [-0.3, -0.25) is 9.69 Å². The Morgan fingerprint density at radius 1 is 0.864 bits per heavy atom. The van der Waals surface area contributed by atoms with Crippen LogP contribution in [0.2, 0.25) is 0 Å². The average Bonchev–Trinajstić information content (AvgIpc) is 3.08. The van der Waals surface area contributed by atoms with E-state index in [4.69, 9.17) is 9.47 Å². The molecule has 1 aromatic heterocycles. The van der Waals surface area contributed by atoms with Gasteiger partial charge in [-0.15, -0.1) is 0 Å². The fourth-order valence-corrected chi connectivity index (χ4v) is 5.83. The number of benzene rings is 3. The number of carbonyl (C=O) groups excluding carboxylic acids is 1. The Labute approximate surface area is 258 Å². The molecule has 1 amide bonds. The van der Waals surface area contributed by atoms with Crippen molar-refractivity contribution < 1.29 is 19.4 Å². The highest BCUT2D eigenvalue weighted by Crippen LogP contribution is 2.38. The number of nitrogens with one attached hydrogen (secondary N) is 1. The van der Waals surface area contributed by atoms with Gasteiger partial charge in [0.2, 0.25) is 11.9 Å². The number of hydrogen-bond donors (Lipinski definition) is 2. The Bertz CT molecular complexity index is 1510. The van der Waals surface area contributed by atoms with Gasteiger partial charge >= 0.3 is 0 Å². The highest BCUT2D eigenvalue weighted by atomic mass is 16.7. The fraction of sp³-hybridized carbons (Fsp3) is 0.343. The van der Waals surface area contributed by atoms with Crippen LogP contribution < -0.4 is 10.2 Å². The second-order valence-electron chi connectivity index (χ2n) is 11.4. The number of hydrogen-bond acceptors (Lipinski definition) is 8. The first-order chi connectivity index (χ1) is 21.5. The molecule has 3 atom stereocenters. The molecular weight excluding hydrogens is 554 g/mol. The lowest BCUT2D eigenvalue weighted by atomic mass is 9.98. The van der Waals surface area contributed by atoms with E-state index in [0.29, 0.717) is 6.54 Å². The van der Waals surface area contributed by atoms with Gasteiger partial charge in [-0.1, -0.05) is 66.7 Å². The second kappa shape index (κ2) is 14.1. The zero-order valence-corrected chi connectivity index (χ0v) is 25.0. The number of aliphatic hydroxyl groups excluding tert-OH is 1. The monoisotopic (exact) mass is 593 g/mol. The molecule has 9 heteroatoms. The van der Waals surface area contributed by atoms with Crippen LogP contribution in [0.25, 0.3) is 11.1 Å². The van der Waals surface area contributed by atoms with Gasteiger partial charge in [0.1, 0.15) is 0 Å². The summed E-state index contributed by atoms with van der Waals surface area (Å²) >= 11 is 0. The van der Waals surface area contributed by atoms with E-state index in [0.717, 1.165) is 78.5 Å². The second-order valence-corrected chi connectivity index (χ2v) is 11.4. The van der Waals surface area contributed by atoms with Crippen LogP contribution in [0, 0.1) is 0 Å². The summed E-state index contributed by atoms with van der Waals surface area (Å²) in [6, 6.07) is 26.4. The molecule has 2 fully saturated rings. The van der Waals surface area contributed by atoms with Gasteiger partial charge in [0, 0.05) is 70.6 Å². The Morgan fingerprint density at radius 2 is 1.59 bits per heavy atom. The van der Waals surface area contributed by atoms with E-state index in [2.05, 4.69) is 61.5 Å². The molecule has 44 heavy (non-hydrogen) atoms. The van der Waals surface area contributed by atoms with E-state index < -0.39 is 6.29 Å².